The van der Waals surface area contributed by atoms with Gasteiger partial charge in [0.1, 0.15) is 5.75 Å². The molecule has 0 radical (unpaired) electrons. The molecule has 2 aromatic carbocycles. The van der Waals surface area contributed by atoms with Crippen LogP contribution < -0.4 is 4.74 Å². The fourth-order valence-corrected chi connectivity index (χ4v) is 2.27. The number of ether oxygens (including phenoxy) is 1. The van der Waals surface area contributed by atoms with E-state index in [2.05, 4.69) is 41.3 Å². The van der Waals surface area contributed by atoms with Crippen LogP contribution in [0.3, 0.4) is 0 Å². The van der Waals surface area contributed by atoms with Gasteiger partial charge < -0.3 is 9.26 Å². The van der Waals surface area contributed by atoms with Crippen LogP contribution in [0.1, 0.15) is 30.1 Å². The van der Waals surface area contributed by atoms with Gasteiger partial charge in [0.25, 0.3) is 0 Å². The highest BCUT2D eigenvalue weighted by atomic mass is 16.5. The zero-order valence-corrected chi connectivity index (χ0v) is 11.8. The third-order valence-corrected chi connectivity index (χ3v) is 3.49. The first-order chi connectivity index (χ1) is 9.67. The van der Waals surface area contributed by atoms with Crippen molar-refractivity contribution in [3.63, 3.8) is 0 Å². The SMILES string of the molecule is COc1ccc2cc(C(C)c3nc(C)no3)ccc2c1. The van der Waals surface area contributed by atoms with E-state index in [1.165, 1.54) is 5.39 Å². The zero-order chi connectivity index (χ0) is 14.1. The summed E-state index contributed by atoms with van der Waals surface area (Å²) in [6.45, 7) is 3.89. The number of methoxy groups -OCH3 is 1. The Labute approximate surface area is 117 Å². The molecule has 1 atom stereocenters. The van der Waals surface area contributed by atoms with Crippen LogP contribution in [0.5, 0.6) is 5.75 Å². The first-order valence-electron chi connectivity index (χ1n) is 6.55. The van der Waals surface area contributed by atoms with Crippen LogP contribution >= 0.6 is 0 Å². The van der Waals surface area contributed by atoms with E-state index in [9.17, 15) is 0 Å². The Morgan fingerprint density at radius 2 is 1.85 bits per heavy atom. The summed E-state index contributed by atoms with van der Waals surface area (Å²) in [6, 6.07) is 12.4. The summed E-state index contributed by atoms with van der Waals surface area (Å²) >= 11 is 0. The maximum Gasteiger partial charge on any atom is 0.233 e. The van der Waals surface area contributed by atoms with Crippen molar-refractivity contribution in [3.05, 3.63) is 53.7 Å². The van der Waals surface area contributed by atoms with Gasteiger partial charge in [0.15, 0.2) is 5.82 Å². The van der Waals surface area contributed by atoms with E-state index in [4.69, 9.17) is 9.26 Å². The molecule has 0 fully saturated rings. The molecule has 1 heterocycles. The van der Waals surface area contributed by atoms with Crippen molar-refractivity contribution in [1.82, 2.24) is 10.1 Å². The molecule has 0 bridgehead atoms. The van der Waals surface area contributed by atoms with Gasteiger partial charge in [-0.3, -0.25) is 0 Å². The average Bonchev–Trinajstić information content (AvgIpc) is 2.92. The van der Waals surface area contributed by atoms with E-state index in [0.29, 0.717) is 11.7 Å². The van der Waals surface area contributed by atoms with Gasteiger partial charge in [0.2, 0.25) is 5.89 Å². The molecule has 0 saturated heterocycles. The summed E-state index contributed by atoms with van der Waals surface area (Å²) in [4.78, 5) is 4.30. The van der Waals surface area contributed by atoms with E-state index < -0.39 is 0 Å². The second kappa shape index (κ2) is 4.96. The number of rotatable bonds is 3. The maximum atomic E-state index is 5.25. The van der Waals surface area contributed by atoms with Crippen molar-refractivity contribution in [2.75, 3.05) is 7.11 Å². The summed E-state index contributed by atoms with van der Waals surface area (Å²) in [5.74, 6) is 2.27. The normalized spacial score (nSPS) is 12.6. The van der Waals surface area contributed by atoms with Crippen molar-refractivity contribution in [2.24, 2.45) is 0 Å². The second-order valence-corrected chi connectivity index (χ2v) is 4.87. The highest BCUT2D eigenvalue weighted by Gasteiger charge is 2.15. The summed E-state index contributed by atoms with van der Waals surface area (Å²) in [6.07, 6.45) is 0. The molecular formula is C16H16N2O2. The molecule has 0 spiro atoms. The highest BCUT2D eigenvalue weighted by Crippen LogP contribution is 2.27. The monoisotopic (exact) mass is 268 g/mol. The van der Waals surface area contributed by atoms with Crippen molar-refractivity contribution in [3.8, 4) is 5.75 Å². The van der Waals surface area contributed by atoms with Gasteiger partial charge >= 0.3 is 0 Å². The van der Waals surface area contributed by atoms with E-state index in [1.54, 1.807) is 7.11 Å². The molecule has 4 heteroatoms. The predicted molar refractivity (Wildman–Crippen MR) is 77.1 cm³/mol. The van der Waals surface area contributed by atoms with Gasteiger partial charge in [-0.1, -0.05) is 29.4 Å². The summed E-state index contributed by atoms with van der Waals surface area (Å²) in [7, 11) is 1.68. The van der Waals surface area contributed by atoms with Gasteiger partial charge in [0.05, 0.1) is 13.0 Å². The van der Waals surface area contributed by atoms with E-state index in [-0.39, 0.29) is 5.92 Å². The Morgan fingerprint density at radius 1 is 1.10 bits per heavy atom. The lowest BCUT2D eigenvalue weighted by molar-refractivity contribution is 0.367. The number of hydrogen-bond donors (Lipinski definition) is 0. The lowest BCUT2D eigenvalue weighted by atomic mass is 9.97. The molecule has 0 aliphatic carbocycles. The molecule has 1 unspecified atom stereocenters. The van der Waals surface area contributed by atoms with E-state index in [1.807, 2.05) is 19.1 Å². The van der Waals surface area contributed by atoms with Gasteiger partial charge in [-0.05, 0) is 42.3 Å². The molecule has 1 aromatic heterocycles. The maximum absolute atomic E-state index is 5.25. The summed E-state index contributed by atoms with van der Waals surface area (Å²) in [5, 5.41) is 6.17. The first-order valence-corrected chi connectivity index (χ1v) is 6.55. The van der Waals surface area contributed by atoms with Crippen LogP contribution in [0.15, 0.2) is 40.9 Å². The minimum absolute atomic E-state index is 0.0858. The molecule has 0 amide bonds. The van der Waals surface area contributed by atoms with Crippen LogP contribution in [0, 0.1) is 6.92 Å². The Kier molecular flexibility index (Phi) is 3.14. The largest absolute Gasteiger partial charge is 0.497 e. The number of aromatic nitrogens is 2. The molecule has 3 aromatic rings. The molecule has 3 rings (SSSR count). The Balaban J connectivity index is 2.00. The minimum atomic E-state index is 0.0858. The quantitative estimate of drug-likeness (QED) is 0.726. The molecule has 4 nitrogen and oxygen atoms in total. The Hall–Kier alpha value is -2.36. The van der Waals surface area contributed by atoms with Crippen LogP contribution in [-0.2, 0) is 0 Å². The highest BCUT2D eigenvalue weighted by molar-refractivity contribution is 5.84. The van der Waals surface area contributed by atoms with Gasteiger partial charge in [0, 0.05) is 0 Å². The number of benzene rings is 2. The molecule has 0 saturated carbocycles. The van der Waals surface area contributed by atoms with Crippen molar-refractivity contribution in [2.45, 2.75) is 19.8 Å². The van der Waals surface area contributed by atoms with E-state index in [0.717, 1.165) is 16.7 Å². The summed E-state index contributed by atoms with van der Waals surface area (Å²) in [5.41, 5.74) is 1.16. The molecule has 20 heavy (non-hydrogen) atoms. The minimum Gasteiger partial charge on any atom is -0.497 e. The molecule has 0 aliphatic rings. The second-order valence-electron chi connectivity index (χ2n) is 4.87. The lowest BCUT2D eigenvalue weighted by Gasteiger charge is -2.09. The van der Waals surface area contributed by atoms with Crippen LogP contribution in [-0.4, -0.2) is 17.3 Å². The van der Waals surface area contributed by atoms with Crippen molar-refractivity contribution in [1.29, 1.82) is 0 Å². The van der Waals surface area contributed by atoms with Gasteiger partial charge in [-0.25, -0.2) is 0 Å². The fraction of sp³-hybridized carbons (Fsp3) is 0.250. The van der Waals surface area contributed by atoms with Crippen LogP contribution in [0.2, 0.25) is 0 Å². The van der Waals surface area contributed by atoms with Crippen molar-refractivity contribution >= 4 is 10.8 Å². The number of aryl methyl sites for hydroxylation is 1. The molecular weight excluding hydrogens is 252 g/mol. The molecule has 102 valence electrons. The fourth-order valence-electron chi connectivity index (χ4n) is 2.27. The first kappa shape index (κ1) is 12.7. The Morgan fingerprint density at radius 3 is 2.55 bits per heavy atom. The summed E-state index contributed by atoms with van der Waals surface area (Å²) < 4.78 is 10.5. The third kappa shape index (κ3) is 2.25. The van der Waals surface area contributed by atoms with Crippen LogP contribution in [0.25, 0.3) is 10.8 Å². The van der Waals surface area contributed by atoms with Crippen molar-refractivity contribution < 1.29 is 9.26 Å². The Bertz CT molecular complexity index is 749. The number of fused-ring (bicyclic) bond motifs is 1. The van der Waals surface area contributed by atoms with Gasteiger partial charge in [-0.15, -0.1) is 0 Å². The smallest absolute Gasteiger partial charge is 0.233 e. The third-order valence-electron chi connectivity index (χ3n) is 3.49. The standard InChI is InChI=1S/C16H16N2O2/c1-10(16-17-11(2)18-20-16)12-4-5-14-9-15(19-3)7-6-13(14)8-12/h4-10H,1-3H3. The molecule has 0 N–H and O–H groups in total. The predicted octanol–water partition coefficient (Wildman–Crippen LogP) is 3.69. The van der Waals surface area contributed by atoms with Crippen LogP contribution in [0.4, 0.5) is 0 Å². The lowest BCUT2D eigenvalue weighted by Crippen LogP contribution is -1.96. The van der Waals surface area contributed by atoms with E-state index >= 15 is 0 Å². The zero-order valence-electron chi connectivity index (χ0n) is 11.8. The molecule has 0 aliphatic heterocycles. The van der Waals surface area contributed by atoms with Gasteiger partial charge in [-0.2, -0.15) is 4.98 Å². The number of hydrogen-bond acceptors (Lipinski definition) is 4. The topological polar surface area (TPSA) is 48.2 Å². The number of nitrogens with zero attached hydrogens (tertiary/aromatic N) is 2. The average molecular weight is 268 g/mol.